The van der Waals surface area contributed by atoms with Crippen LogP contribution in [0.4, 0.5) is 13.2 Å². The Morgan fingerprint density at radius 3 is 2.39 bits per heavy atom. The average Bonchev–Trinajstić information content (AvgIpc) is 3.54. The van der Waals surface area contributed by atoms with E-state index in [0.29, 0.717) is 11.3 Å². The number of alkyl halides is 3. The number of carbonyl (C=O) groups is 2. The molecule has 1 atom stereocenters. The maximum Gasteiger partial charge on any atom is 0.416 e. The molecule has 0 saturated heterocycles. The number of fused-ring (bicyclic) bond motifs is 1. The van der Waals surface area contributed by atoms with E-state index >= 15 is 0 Å². The van der Waals surface area contributed by atoms with Crippen LogP contribution in [0.3, 0.4) is 0 Å². The maximum absolute atomic E-state index is 13.5. The molecule has 41 heavy (non-hydrogen) atoms. The second-order valence-corrected chi connectivity index (χ2v) is 10.3. The van der Waals surface area contributed by atoms with Gasteiger partial charge in [-0.05, 0) is 35.9 Å². The summed E-state index contributed by atoms with van der Waals surface area (Å²) < 4.78 is 47.1. The molecule has 1 amide bonds. The Morgan fingerprint density at radius 1 is 1.02 bits per heavy atom. The van der Waals surface area contributed by atoms with Crippen molar-refractivity contribution < 1.29 is 32.3 Å². The molecular formula is C30H24F3N3O4S. The highest BCUT2D eigenvalue weighted by molar-refractivity contribution is 7.98. The molecule has 3 aromatic carbocycles. The van der Waals surface area contributed by atoms with Gasteiger partial charge in [0.05, 0.1) is 5.56 Å². The number of aryl methyl sites for hydroxylation is 1. The molecule has 5 rings (SSSR count). The Kier molecular flexibility index (Phi) is 7.89. The van der Waals surface area contributed by atoms with Crippen molar-refractivity contribution in [1.82, 2.24) is 14.9 Å². The number of para-hydroxylation sites is 1. The highest BCUT2D eigenvalue weighted by atomic mass is 32.2. The molecule has 2 heterocycles. The Bertz CT molecular complexity index is 1700. The third-order valence-corrected chi connectivity index (χ3v) is 7.55. The molecule has 0 spiro atoms. The predicted molar refractivity (Wildman–Crippen MR) is 150 cm³/mol. The van der Waals surface area contributed by atoms with Crippen molar-refractivity contribution in [2.45, 2.75) is 18.0 Å². The number of hydrogen-bond donors (Lipinski definition) is 2. The van der Waals surface area contributed by atoms with Crippen LogP contribution in [-0.2, 0) is 23.8 Å². The topological polar surface area (TPSA) is 97.4 Å². The molecule has 1 unspecified atom stereocenters. The number of rotatable bonds is 9. The standard InChI is InChI=1S/C30H24F3N3O4S/c1-36-15-22(21-9-5-6-10-24(21)36)26-25(35-28(40-26)19-11-13-20(14-12-19)30(31,32)33)27(37)34-23(29(38)39)17-41-16-18-7-3-2-4-8-18/h2-15,23H,16-17H2,1H3,(H,34,37)(H,38,39). The van der Waals surface area contributed by atoms with Crippen LogP contribution in [0.1, 0.15) is 21.6 Å². The number of amides is 1. The number of nitrogens with zero attached hydrogens (tertiary/aromatic N) is 2. The minimum Gasteiger partial charge on any atom is -0.480 e. The maximum atomic E-state index is 13.5. The van der Waals surface area contributed by atoms with Gasteiger partial charge in [0.2, 0.25) is 5.89 Å². The van der Waals surface area contributed by atoms with Crippen molar-refractivity contribution in [3.8, 4) is 22.8 Å². The van der Waals surface area contributed by atoms with Gasteiger partial charge in [0.1, 0.15) is 6.04 Å². The molecule has 0 aliphatic carbocycles. The smallest absolute Gasteiger partial charge is 0.416 e. The van der Waals surface area contributed by atoms with Crippen LogP contribution in [0, 0.1) is 0 Å². The molecular weight excluding hydrogens is 555 g/mol. The molecule has 2 aromatic heterocycles. The van der Waals surface area contributed by atoms with Crippen molar-refractivity contribution in [3.63, 3.8) is 0 Å². The molecule has 0 bridgehead atoms. The van der Waals surface area contributed by atoms with Crippen molar-refractivity contribution in [2.24, 2.45) is 7.05 Å². The van der Waals surface area contributed by atoms with E-state index in [1.807, 2.05) is 66.2 Å². The summed E-state index contributed by atoms with van der Waals surface area (Å²) in [5.41, 5.74) is 1.62. The molecule has 2 N–H and O–H groups in total. The lowest BCUT2D eigenvalue weighted by molar-refractivity contribution is -0.139. The SMILES string of the molecule is Cn1cc(-c2oc(-c3ccc(C(F)(F)F)cc3)nc2C(=O)NC(CSCc2ccccc2)C(=O)O)c2ccccc21. The monoisotopic (exact) mass is 579 g/mol. The lowest BCUT2D eigenvalue weighted by Crippen LogP contribution is -2.42. The normalized spacial score (nSPS) is 12.4. The number of carboxylic acids is 1. The fraction of sp³-hybridized carbons (Fsp3) is 0.167. The van der Waals surface area contributed by atoms with Crippen LogP contribution < -0.4 is 5.32 Å². The average molecular weight is 580 g/mol. The lowest BCUT2D eigenvalue weighted by Gasteiger charge is -2.14. The van der Waals surface area contributed by atoms with Crippen LogP contribution in [0.5, 0.6) is 0 Å². The van der Waals surface area contributed by atoms with Crippen molar-refractivity contribution in [2.75, 3.05) is 5.75 Å². The number of nitrogens with one attached hydrogen (secondary N) is 1. The summed E-state index contributed by atoms with van der Waals surface area (Å²) in [4.78, 5) is 29.8. The number of carbonyl (C=O) groups excluding carboxylic acids is 1. The number of aromatic nitrogens is 2. The van der Waals surface area contributed by atoms with E-state index in [1.54, 1.807) is 6.20 Å². The summed E-state index contributed by atoms with van der Waals surface area (Å²) in [6.45, 7) is 0. The summed E-state index contributed by atoms with van der Waals surface area (Å²) in [5.74, 6) is -1.32. The van der Waals surface area contributed by atoms with E-state index in [0.717, 1.165) is 28.6 Å². The third-order valence-electron chi connectivity index (χ3n) is 6.44. The van der Waals surface area contributed by atoms with Crippen LogP contribution in [0.15, 0.2) is 89.5 Å². The quantitative estimate of drug-likeness (QED) is 0.203. The zero-order valence-electron chi connectivity index (χ0n) is 21.7. The number of oxazole rings is 1. The van der Waals surface area contributed by atoms with Crippen LogP contribution in [0.25, 0.3) is 33.7 Å². The Balaban J connectivity index is 1.48. The van der Waals surface area contributed by atoms with E-state index in [2.05, 4.69) is 10.3 Å². The number of carboxylic acid groups (broad SMARTS) is 1. The fourth-order valence-corrected chi connectivity index (χ4v) is 5.38. The second kappa shape index (κ2) is 11.5. The van der Waals surface area contributed by atoms with Crippen molar-refractivity contribution in [3.05, 3.63) is 102 Å². The summed E-state index contributed by atoms with van der Waals surface area (Å²) in [7, 11) is 1.82. The van der Waals surface area contributed by atoms with Gasteiger partial charge in [-0.2, -0.15) is 24.9 Å². The summed E-state index contributed by atoms with van der Waals surface area (Å²) in [6.07, 6.45) is -2.76. The molecule has 0 aliphatic heterocycles. The number of benzene rings is 3. The van der Waals surface area contributed by atoms with E-state index in [4.69, 9.17) is 4.42 Å². The summed E-state index contributed by atoms with van der Waals surface area (Å²) in [5, 5.41) is 13.1. The van der Waals surface area contributed by atoms with E-state index in [-0.39, 0.29) is 28.7 Å². The zero-order valence-corrected chi connectivity index (χ0v) is 22.5. The van der Waals surface area contributed by atoms with Gasteiger partial charge in [0, 0.05) is 46.8 Å². The highest BCUT2D eigenvalue weighted by Gasteiger charge is 2.31. The van der Waals surface area contributed by atoms with E-state index < -0.39 is 29.7 Å². The Hall–Kier alpha value is -4.51. The highest BCUT2D eigenvalue weighted by Crippen LogP contribution is 2.36. The number of halogens is 3. The first-order valence-electron chi connectivity index (χ1n) is 12.5. The zero-order chi connectivity index (χ0) is 29.1. The van der Waals surface area contributed by atoms with Gasteiger partial charge in [-0.25, -0.2) is 9.78 Å². The van der Waals surface area contributed by atoms with Crippen molar-refractivity contribution >= 4 is 34.5 Å². The fourth-order valence-electron chi connectivity index (χ4n) is 4.37. The first kappa shape index (κ1) is 28.0. The summed E-state index contributed by atoms with van der Waals surface area (Å²) >= 11 is 1.36. The Morgan fingerprint density at radius 2 is 1.71 bits per heavy atom. The Labute approximate surface area is 237 Å². The first-order chi connectivity index (χ1) is 19.6. The third kappa shape index (κ3) is 6.14. The van der Waals surface area contributed by atoms with Gasteiger partial charge >= 0.3 is 12.1 Å². The van der Waals surface area contributed by atoms with Gasteiger partial charge in [0.15, 0.2) is 11.5 Å². The largest absolute Gasteiger partial charge is 0.480 e. The van der Waals surface area contributed by atoms with Crippen molar-refractivity contribution in [1.29, 1.82) is 0 Å². The number of aliphatic carboxylic acids is 1. The molecule has 0 fully saturated rings. The number of hydrogen-bond acceptors (Lipinski definition) is 5. The molecule has 5 aromatic rings. The molecule has 11 heteroatoms. The molecule has 210 valence electrons. The van der Waals surface area contributed by atoms with Crippen LogP contribution in [0.2, 0.25) is 0 Å². The lowest BCUT2D eigenvalue weighted by atomic mass is 10.1. The van der Waals surface area contributed by atoms with Gasteiger partial charge in [0.25, 0.3) is 5.91 Å². The van der Waals surface area contributed by atoms with Gasteiger partial charge in [-0.3, -0.25) is 4.79 Å². The molecule has 7 nitrogen and oxygen atoms in total. The molecule has 0 saturated carbocycles. The minimum absolute atomic E-state index is 0.0721. The first-order valence-corrected chi connectivity index (χ1v) is 13.7. The predicted octanol–water partition coefficient (Wildman–Crippen LogP) is 6.64. The van der Waals surface area contributed by atoms with Gasteiger partial charge < -0.3 is 19.4 Å². The second-order valence-electron chi connectivity index (χ2n) is 9.31. The van der Waals surface area contributed by atoms with Crippen LogP contribution in [-0.4, -0.2) is 38.3 Å². The van der Waals surface area contributed by atoms with Gasteiger partial charge in [-0.15, -0.1) is 0 Å². The van der Waals surface area contributed by atoms with Gasteiger partial charge in [-0.1, -0.05) is 48.5 Å². The van der Waals surface area contributed by atoms with E-state index in [9.17, 15) is 27.9 Å². The molecule has 0 radical (unpaired) electrons. The summed E-state index contributed by atoms with van der Waals surface area (Å²) in [6, 6.07) is 19.9. The minimum atomic E-state index is -4.52. The molecule has 0 aliphatic rings. The van der Waals surface area contributed by atoms with E-state index in [1.165, 1.54) is 23.9 Å². The number of thioether (sulfide) groups is 1. The van der Waals surface area contributed by atoms with Crippen LogP contribution >= 0.6 is 11.8 Å².